The van der Waals surface area contributed by atoms with Gasteiger partial charge in [-0.3, -0.25) is 4.90 Å². The lowest BCUT2D eigenvalue weighted by Crippen LogP contribution is -2.44. The molecular formula is C27H38BrF3N6S. The Balaban J connectivity index is 1.44. The van der Waals surface area contributed by atoms with E-state index < -0.39 is 11.7 Å². The Morgan fingerprint density at radius 2 is 1.68 bits per heavy atom. The summed E-state index contributed by atoms with van der Waals surface area (Å²) < 4.78 is 42.5. The zero-order chi connectivity index (χ0) is 27.3. The molecule has 1 fully saturated rings. The highest BCUT2D eigenvalue weighted by atomic mass is 79.9. The Kier molecular flexibility index (Phi) is 10.3. The third-order valence-electron chi connectivity index (χ3n) is 7.28. The van der Waals surface area contributed by atoms with Crippen LogP contribution in [-0.2, 0) is 6.18 Å². The van der Waals surface area contributed by atoms with Gasteiger partial charge in [-0.05, 0) is 57.3 Å². The minimum absolute atomic E-state index is 0.133. The molecule has 4 rings (SSSR count). The van der Waals surface area contributed by atoms with E-state index in [1.54, 1.807) is 0 Å². The van der Waals surface area contributed by atoms with Gasteiger partial charge in [0.2, 0.25) is 0 Å². The van der Waals surface area contributed by atoms with Crippen LogP contribution < -0.4 is 20.9 Å². The highest BCUT2D eigenvalue weighted by Crippen LogP contribution is 2.53. The molecule has 11 heteroatoms. The summed E-state index contributed by atoms with van der Waals surface area (Å²) in [6, 6.07) is 8.63. The van der Waals surface area contributed by atoms with Gasteiger partial charge in [-0.1, -0.05) is 27.7 Å². The van der Waals surface area contributed by atoms with Gasteiger partial charge in [-0.25, -0.2) is 0 Å². The minimum atomic E-state index is -4.40. The van der Waals surface area contributed by atoms with Crippen LogP contribution in [0.5, 0.6) is 0 Å². The number of piperidine rings is 1. The quantitative estimate of drug-likeness (QED) is 0.317. The number of alkyl halides is 3. The molecule has 0 spiro atoms. The second kappa shape index (κ2) is 13.2. The summed E-state index contributed by atoms with van der Waals surface area (Å²) in [5.41, 5.74) is 1.75. The van der Waals surface area contributed by atoms with Gasteiger partial charge in [-0.15, -0.1) is 0 Å². The fourth-order valence-electron chi connectivity index (χ4n) is 5.07. The first-order chi connectivity index (χ1) is 18.2. The highest BCUT2D eigenvalue weighted by Gasteiger charge is 2.35. The Bertz CT molecular complexity index is 1070. The molecule has 0 atom stereocenters. The Morgan fingerprint density at radius 3 is 2.32 bits per heavy atom. The number of hydrogen-bond acceptors (Lipinski definition) is 7. The summed E-state index contributed by atoms with van der Waals surface area (Å²) in [6.45, 7) is 7.85. The summed E-state index contributed by atoms with van der Waals surface area (Å²) in [5, 5.41) is 9.97. The molecule has 2 aliphatic rings. The molecule has 2 aliphatic heterocycles. The minimum Gasteiger partial charge on any atom is -0.380 e. The lowest BCUT2D eigenvalue weighted by atomic mass is 10.0. The van der Waals surface area contributed by atoms with Crippen LogP contribution in [0.15, 0.2) is 44.6 Å². The van der Waals surface area contributed by atoms with Gasteiger partial charge in [0.05, 0.1) is 22.6 Å². The van der Waals surface area contributed by atoms with Crippen LogP contribution in [-0.4, -0.2) is 89.3 Å². The van der Waals surface area contributed by atoms with Gasteiger partial charge in [0, 0.05) is 79.7 Å². The number of rotatable bonds is 11. The van der Waals surface area contributed by atoms with E-state index in [1.165, 1.54) is 23.9 Å². The molecule has 0 aliphatic carbocycles. The van der Waals surface area contributed by atoms with Crippen molar-refractivity contribution in [3.8, 4) is 0 Å². The average Bonchev–Trinajstić information content (AvgIpc) is 2.88. The molecule has 0 amide bonds. The molecule has 6 nitrogen and oxygen atoms in total. The fraction of sp³-hybridized carbons (Fsp3) is 0.556. The molecule has 0 unspecified atom stereocenters. The molecule has 0 radical (unpaired) electrons. The van der Waals surface area contributed by atoms with Crippen molar-refractivity contribution in [1.82, 2.24) is 20.4 Å². The number of likely N-dealkylation sites (tertiary alicyclic amines) is 1. The van der Waals surface area contributed by atoms with Crippen LogP contribution >= 0.6 is 27.7 Å². The summed E-state index contributed by atoms with van der Waals surface area (Å²) in [4.78, 5) is 8.51. The smallest absolute Gasteiger partial charge is 0.380 e. The molecule has 0 bridgehead atoms. The van der Waals surface area contributed by atoms with Crippen molar-refractivity contribution in [3.05, 3.63) is 40.4 Å². The molecule has 0 saturated carbocycles. The number of hydrogen-bond donors (Lipinski definition) is 3. The van der Waals surface area contributed by atoms with Gasteiger partial charge in [0.15, 0.2) is 0 Å². The first-order valence-electron chi connectivity index (χ1n) is 13.2. The third-order valence-corrected chi connectivity index (χ3v) is 8.85. The van der Waals surface area contributed by atoms with E-state index in [1.807, 2.05) is 44.2 Å². The number of likely N-dealkylation sites (N-methyl/N-ethyl adjacent to an activating group) is 2. The normalized spacial score (nSPS) is 16.6. The molecule has 38 heavy (non-hydrogen) atoms. The number of anilines is 3. The van der Waals surface area contributed by atoms with E-state index in [9.17, 15) is 13.2 Å². The Labute approximate surface area is 236 Å². The Morgan fingerprint density at radius 1 is 1.00 bits per heavy atom. The van der Waals surface area contributed by atoms with Gasteiger partial charge < -0.3 is 25.8 Å². The second-order valence-electron chi connectivity index (χ2n) is 9.95. The number of nitrogens with zero attached hydrogens (tertiary/aromatic N) is 3. The predicted octanol–water partition coefficient (Wildman–Crippen LogP) is 5.32. The van der Waals surface area contributed by atoms with Crippen LogP contribution in [0.4, 0.5) is 30.2 Å². The fourth-order valence-corrected chi connectivity index (χ4v) is 6.84. The van der Waals surface area contributed by atoms with Gasteiger partial charge in [0.25, 0.3) is 0 Å². The van der Waals surface area contributed by atoms with Crippen LogP contribution in [0.2, 0.25) is 0 Å². The first-order valence-corrected chi connectivity index (χ1v) is 14.8. The van der Waals surface area contributed by atoms with Crippen molar-refractivity contribution in [2.45, 2.75) is 34.9 Å². The number of halogens is 4. The van der Waals surface area contributed by atoms with Crippen molar-refractivity contribution < 1.29 is 13.2 Å². The third kappa shape index (κ3) is 7.37. The summed E-state index contributed by atoms with van der Waals surface area (Å²) in [7, 11) is 5.88. The van der Waals surface area contributed by atoms with Crippen molar-refractivity contribution in [2.75, 3.05) is 83.7 Å². The van der Waals surface area contributed by atoms with Gasteiger partial charge in [0.1, 0.15) is 0 Å². The Hall–Kier alpha value is -1.50. The molecular weight excluding hydrogens is 577 g/mol. The molecule has 2 aromatic rings. The average molecular weight is 616 g/mol. The van der Waals surface area contributed by atoms with Crippen LogP contribution in [0.3, 0.4) is 0 Å². The van der Waals surface area contributed by atoms with E-state index in [-0.39, 0.29) is 6.04 Å². The molecule has 2 heterocycles. The largest absolute Gasteiger partial charge is 0.416 e. The van der Waals surface area contributed by atoms with E-state index in [0.717, 1.165) is 85.9 Å². The molecule has 0 aromatic heterocycles. The monoisotopic (exact) mass is 614 g/mol. The molecule has 3 N–H and O–H groups in total. The first kappa shape index (κ1) is 29.5. The molecule has 2 aromatic carbocycles. The second-order valence-corrected chi connectivity index (χ2v) is 11.9. The van der Waals surface area contributed by atoms with Crippen LogP contribution in [0.1, 0.15) is 18.4 Å². The number of nitrogens with one attached hydrogen (secondary N) is 3. The summed E-state index contributed by atoms with van der Waals surface area (Å²) in [6.07, 6.45) is -2.60. The van der Waals surface area contributed by atoms with Crippen molar-refractivity contribution in [3.63, 3.8) is 0 Å². The predicted molar refractivity (Wildman–Crippen MR) is 155 cm³/mol. The zero-order valence-electron chi connectivity index (χ0n) is 22.3. The molecule has 1 saturated heterocycles. The van der Waals surface area contributed by atoms with E-state index in [2.05, 4.69) is 41.7 Å². The lowest BCUT2D eigenvalue weighted by Gasteiger charge is -2.37. The van der Waals surface area contributed by atoms with Gasteiger partial charge in [-0.2, -0.15) is 13.2 Å². The topological polar surface area (TPSA) is 45.8 Å². The van der Waals surface area contributed by atoms with Crippen molar-refractivity contribution >= 4 is 44.8 Å². The summed E-state index contributed by atoms with van der Waals surface area (Å²) >= 11 is 4.88. The number of benzene rings is 2. The standard InChI is InChI=1S/C27H38BrF3N6S/c1-32-8-12-37(13-9-33-2)15-14-36-10-6-21(7-11-36)34-22-16-19(27(29,30)31)17-25-26(22)35(3)23-5-4-20(28)18-24(23)38-25/h4-5,16-18,21,32-34H,6-15H2,1-3H3. The molecule has 210 valence electrons. The maximum absolute atomic E-state index is 13.9. The van der Waals surface area contributed by atoms with E-state index in [0.29, 0.717) is 10.6 Å². The maximum Gasteiger partial charge on any atom is 0.416 e. The highest BCUT2D eigenvalue weighted by molar-refractivity contribution is 9.10. The summed E-state index contributed by atoms with van der Waals surface area (Å²) in [5.74, 6) is 0. The number of fused-ring (bicyclic) bond motifs is 2. The van der Waals surface area contributed by atoms with Crippen LogP contribution in [0, 0.1) is 0 Å². The van der Waals surface area contributed by atoms with E-state index >= 15 is 0 Å². The van der Waals surface area contributed by atoms with Crippen LogP contribution in [0.25, 0.3) is 0 Å². The van der Waals surface area contributed by atoms with Crippen molar-refractivity contribution in [2.24, 2.45) is 0 Å². The SMILES string of the molecule is CNCCN(CCNC)CCN1CCC(Nc2cc(C(F)(F)F)cc3c2N(C)c2ccc(Br)cc2S3)CC1. The van der Waals surface area contributed by atoms with E-state index in [4.69, 9.17) is 0 Å². The lowest BCUT2D eigenvalue weighted by molar-refractivity contribution is -0.137. The zero-order valence-corrected chi connectivity index (χ0v) is 24.7. The van der Waals surface area contributed by atoms with Gasteiger partial charge >= 0.3 is 6.18 Å². The van der Waals surface area contributed by atoms with Crippen molar-refractivity contribution in [1.29, 1.82) is 0 Å². The maximum atomic E-state index is 13.9.